The first-order chi connectivity index (χ1) is 9.13. The second-order valence-corrected chi connectivity index (χ2v) is 5.14. The molecule has 1 N–H and O–H groups in total. The summed E-state index contributed by atoms with van der Waals surface area (Å²) in [5.74, 6) is 0.443. The molecule has 0 aliphatic carbocycles. The zero-order valence-electron chi connectivity index (χ0n) is 9.94. The third-order valence-corrected chi connectivity index (χ3v) is 3.63. The van der Waals surface area contributed by atoms with E-state index in [2.05, 4.69) is 10.3 Å². The van der Waals surface area contributed by atoms with Crippen LogP contribution in [0.2, 0.25) is 5.02 Å². The van der Waals surface area contributed by atoms with Crippen LogP contribution in [0, 0.1) is 0 Å². The fraction of sp³-hybridized carbons (Fsp3) is 0.167. The molecule has 4 nitrogen and oxygen atoms in total. The Kier molecular flexibility index (Phi) is 4.63. The highest BCUT2D eigenvalue weighted by atomic mass is 35.5. The first-order valence-electron chi connectivity index (χ1n) is 5.29. The fourth-order valence-electron chi connectivity index (χ4n) is 1.45. The number of hydrogen-bond acceptors (Lipinski definition) is 4. The van der Waals surface area contributed by atoms with Crippen LogP contribution in [0.4, 0.5) is 5.13 Å². The molecular weight excluding hydrogens is 307 g/mol. The summed E-state index contributed by atoms with van der Waals surface area (Å²) < 4.78 is 5.13. The molecule has 1 heterocycles. The normalized spacial score (nSPS) is 10.3. The van der Waals surface area contributed by atoms with Gasteiger partial charge in [0.05, 0.1) is 24.2 Å². The molecule has 100 valence electrons. The van der Waals surface area contributed by atoms with Crippen LogP contribution >= 0.6 is 34.5 Å². The molecule has 0 spiro atoms. The summed E-state index contributed by atoms with van der Waals surface area (Å²) in [6.45, 7) is 0. The molecule has 1 aromatic heterocycles. The summed E-state index contributed by atoms with van der Waals surface area (Å²) >= 11 is 12.9. The van der Waals surface area contributed by atoms with Crippen LogP contribution in [0.3, 0.4) is 0 Å². The van der Waals surface area contributed by atoms with Crippen molar-refractivity contribution in [2.24, 2.45) is 0 Å². The minimum Gasteiger partial charge on any atom is -0.496 e. The average Bonchev–Trinajstić information content (AvgIpc) is 2.86. The zero-order valence-corrected chi connectivity index (χ0v) is 12.3. The lowest BCUT2D eigenvalue weighted by molar-refractivity contribution is 0.102. The lowest BCUT2D eigenvalue weighted by atomic mass is 10.2. The lowest BCUT2D eigenvalue weighted by Crippen LogP contribution is -2.13. The number of nitrogens with zero attached hydrogens (tertiary/aromatic N) is 1. The van der Waals surface area contributed by atoms with Crippen LogP contribution in [0.1, 0.15) is 16.1 Å². The Bertz CT molecular complexity index is 601. The van der Waals surface area contributed by atoms with Crippen molar-refractivity contribution in [1.82, 2.24) is 4.98 Å². The SMILES string of the molecule is COc1ccc(Cl)cc1C(=O)Nc1nc(CCl)cs1. The molecule has 0 saturated heterocycles. The quantitative estimate of drug-likeness (QED) is 0.873. The molecular formula is C12H10Cl2N2O2S. The molecule has 2 rings (SSSR count). The Labute approximate surface area is 124 Å². The smallest absolute Gasteiger partial charge is 0.261 e. The number of benzene rings is 1. The first-order valence-corrected chi connectivity index (χ1v) is 7.08. The highest BCUT2D eigenvalue weighted by Gasteiger charge is 2.14. The maximum atomic E-state index is 12.1. The van der Waals surface area contributed by atoms with E-state index in [-0.39, 0.29) is 5.91 Å². The van der Waals surface area contributed by atoms with Gasteiger partial charge in [-0.15, -0.1) is 22.9 Å². The Balaban J connectivity index is 2.21. The summed E-state index contributed by atoms with van der Waals surface area (Å²) in [7, 11) is 1.50. The van der Waals surface area contributed by atoms with E-state index >= 15 is 0 Å². The molecule has 0 radical (unpaired) electrons. The van der Waals surface area contributed by atoms with E-state index in [4.69, 9.17) is 27.9 Å². The van der Waals surface area contributed by atoms with Crippen molar-refractivity contribution < 1.29 is 9.53 Å². The van der Waals surface area contributed by atoms with Gasteiger partial charge in [-0.1, -0.05) is 11.6 Å². The van der Waals surface area contributed by atoms with Gasteiger partial charge < -0.3 is 4.74 Å². The van der Waals surface area contributed by atoms with Gasteiger partial charge in [-0.05, 0) is 18.2 Å². The number of ether oxygens (including phenoxy) is 1. The minimum absolute atomic E-state index is 0.312. The van der Waals surface area contributed by atoms with E-state index in [0.717, 1.165) is 5.69 Å². The van der Waals surface area contributed by atoms with E-state index < -0.39 is 0 Å². The van der Waals surface area contributed by atoms with Crippen LogP contribution in [0.25, 0.3) is 0 Å². The van der Waals surface area contributed by atoms with Crippen molar-refractivity contribution in [3.8, 4) is 5.75 Å². The number of rotatable bonds is 4. The van der Waals surface area contributed by atoms with Crippen LogP contribution in [-0.2, 0) is 5.88 Å². The number of hydrogen-bond donors (Lipinski definition) is 1. The molecule has 0 saturated carbocycles. The highest BCUT2D eigenvalue weighted by Crippen LogP contribution is 2.24. The summed E-state index contributed by atoms with van der Waals surface area (Å²) in [5.41, 5.74) is 1.08. The largest absolute Gasteiger partial charge is 0.496 e. The number of amides is 1. The van der Waals surface area contributed by atoms with Gasteiger partial charge in [-0.25, -0.2) is 4.98 Å². The average molecular weight is 317 g/mol. The monoisotopic (exact) mass is 316 g/mol. The van der Waals surface area contributed by atoms with Crippen LogP contribution in [0.15, 0.2) is 23.6 Å². The standard InChI is InChI=1S/C12H10Cl2N2O2S/c1-18-10-3-2-7(14)4-9(10)11(17)16-12-15-8(5-13)6-19-12/h2-4,6H,5H2,1H3,(H,15,16,17). The summed E-state index contributed by atoms with van der Waals surface area (Å²) in [4.78, 5) is 16.3. The molecule has 0 aliphatic heterocycles. The number of anilines is 1. The van der Waals surface area contributed by atoms with Crippen molar-refractivity contribution in [2.45, 2.75) is 5.88 Å². The molecule has 0 unspecified atom stereocenters. The van der Waals surface area contributed by atoms with Crippen LogP contribution in [-0.4, -0.2) is 18.0 Å². The van der Waals surface area contributed by atoms with E-state index in [1.165, 1.54) is 18.4 Å². The number of carbonyl (C=O) groups is 1. The Morgan fingerprint density at radius 1 is 1.53 bits per heavy atom. The van der Waals surface area contributed by atoms with Gasteiger partial charge >= 0.3 is 0 Å². The van der Waals surface area contributed by atoms with Gasteiger partial charge in [0.15, 0.2) is 5.13 Å². The van der Waals surface area contributed by atoms with Gasteiger partial charge in [0.25, 0.3) is 5.91 Å². The fourth-order valence-corrected chi connectivity index (χ4v) is 2.55. The molecule has 0 aliphatic rings. The number of carbonyl (C=O) groups excluding carboxylic acids is 1. The number of alkyl halides is 1. The van der Waals surface area contributed by atoms with E-state index in [9.17, 15) is 4.79 Å². The number of nitrogens with one attached hydrogen (secondary N) is 1. The first kappa shape index (κ1) is 14.1. The van der Waals surface area contributed by atoms with Crippen molar-refractivity contribution in [3.63, 3.8) is 0 Å². The Hall–Kier alpha value is -1.30. The molecule has 0 bridgehead atoms. The number of aromatic nitrogens is 1. The van der Waals surface area contributed by atoms with Crippen molar-refractivity contribution in [2.75, 3.05) is 12.4 Å². The second-order valence-electron chi connectivity index (χ2n) is 3.58. The van der Waals surface area contributed by atoms with Crippen LogP contribution < -0.4 is 10.1 Å². The van der Waals surface area contributed by atoms with Crippen molar-refractivity contribution in [1.29, 1.82) is 0 Å². The Morgan fingerprint density at radius 2 is 2.32 bits per heavy atom. The number of thiazole rings is 1. The van der Waals surface area contributed by atoms with Crippen molar-refractivity contribution in [3.05, 3.63) is 39.9 Å². The number of halogens is 2. The van der Waals surface area contributed by atoms with Gasteiger partial charge in [-0.3, -0.25) is 10.1 Å². The molecule has 19 heavy (non-hydrogen) atoms. The minimum atomic E-state index is -0.324. The molecule has 1 amide bonds. The maximum Gasteiger partial charge on any atom is 0.261 e. The maximum absolute atomic E-state index is 12.1. The van der Waals surface area contributed by atoms with Crippen LogP contribution in [0.5, 0.6) is 5.75 Å². The summed E-state index contributed by atoms with van der Waals surface area (Å²) in [6.07, 6.45) is 0. The molecule has 2 aromatic rings. The predicted molar refractivity (Wildman–Crippen MR) is 77.6 cm³/mol. The van der Waals surface area contributed by atoms with E-state index in [0.29, 0.717) is 27.3 Å². The lowest BCUT2D eigenvalue weighted by Gasteiger charge is -2.08. The topological polar surface area (TPSA) is 51.2 Å². The molecule has 1 aromatic carbocycles. The number of methoxy groups -OCH3 is 1. The van der Waals surface area contributed by atoms with Gasteiger partial charge in [0.1, 0.15) is 5.75 Å². The second kappa shape index (κ2) is 6.23. The zero-order chi connectivity index (χ0) is 13.8. The van der Waals surface area contributed by atoms with E-state index in [1.54, 1.807) is 23.6 Å². The summed E-state index contributed by atoms with van der Waals surface area (Å²) in [6, 6.07) is 4.85. The summed E-state index contributed by atoms with van der Waals surface area (Å²) in [5, 5.41) is 5.43. The van der Waals surface area contributed by atoms with E-state index in [1.807, 2.05) is 0 Å². The highest BCUT2D eigenvalue weighted by molar-refractivity contribution is 7.14. The van der Waals surface area contributed by atoms with Gasteiger partial charge in [0, 0.05) is 10.4 Å². The van der Waals surface area contributed by atoms with Crippen molar-refractivity contribution >= 4 is 45.6 Å². The molecule has 0 atom stereocenters. The van der Waals surface area contributed by atoms with Gasteiger partial charge in [-0.2, -0.15) is 0 Å². The predicted octanol–water partition coefficient (Wildman–Crippen LogP) is 3.80. The Morgan fingerprint density at radius 3 is 2.95 bits per heavy atom. The van der Waals surface area contributed by atoms with Gasteiger partial charge in [0.2, 0.25) is 0 Å². The molecule has 0 fully saturated rings. The third kappa shape index (κ3) is 3.37. The molecule has 7 heteroatoms. The third-order valence-electron chi connectivity index (χ3n) is 2.32.